The summed E-state index contributed by atoms with van der Waals surface area (Å²) in [6, 6.07) is 6.24. The highest BCUT2D eigenvalue weighted by molar-refractivity contribution is 7.90. The van der Waals surface area contributed by atoms with Crippen LogP contribution in [0, 0.1) is 5.41 Å². The zero-order valence-corrected chi connectivity index (χ0v) is 13.7. The molecule has 0 radical (unpaired) electrons. The molecular weight excluding hydrogens is 300 g/mol. The van der Waals surface area contributed by atoms with Crippen molar-refractivity contribution in [2.75, 3.05) is 32.4 Å². The minimum Gasteiger partial charge on any atom is -0.339 e. The zero-order valence-electron chi connectivity index (χ0n) is 12.8. The van der Waals surface area contributed by atoms with Gasteiger partial charge in [-0.25, -0.2) is 8.42 Å². The van der Waals surface area contributed by atoms with E-state index < -0.39 is 9.84 Å². The molecule has 2 heterocycles. The maximum Gasteiger partial charge on any atom is 0.253 e. The second kappa shape index (κ2) is 5.66. The van der Waals surface area contributed by atoms with Crippen LogP contribution in [0.5, 0.6) is 0 Å². The summed E-state index contributed by atoms with van der Waals surface area (Å²) in [5, 5.41) is 3.42. The normalized spacial score (nSPS) is 21.2. The molecule has 2 saturated heterocycles. The van der Waals surface area contributed by atoms with Crippen LogP contribution < -0.4 is 5.32 Å². The number of amides is 1. The molecule has 6 heteroatoms. The first-order chi connectivity index (χ1) is 10.4. The zero-order chi connectivity index (χ0) is 15.8. The van der Waals surface area contributed by atoms with Gasteiger partial charge in [-0.3, -0.25) is 4.79 Å². The molecule has 22 heavy (non-hydrogen) atoms. The van der Waals surface area contributed by atoms with E-state index in [9.17, 15) is 13.2 Å². The lowest BCUT2D eigenvalue weighted by molar-refractivity contribution is 0.0607. The largest absolute Gasteiger partial charge is 0.339 e. The van der Waals surface area contributed by atoms with E-state index >= 15 is 0 Å². The molecule has 1 aromatic carbocycles. The molecule has 1 amide bonds. The fourth-order valence-corrected chi connectivity index (χ4v) is 4.06. The first kappa shape index (κ1) is 15.5. The van der Waals surface area contributed by atoms with Crippen LogP contribution in [-0.4, -0.2) is 51.7 Å². The Balaban J connectivity index is 1.67. The van der Waals surface area contributed by atoms with Crippen molar-refractivity contribution in [2.24, 2.45) is 5.41 Å². The van der Waals surface area contributed by atoms with E-state index in [0.717, 1.165) is 39.0 Å². The smallest absolute Gasteiger partial charge is 0.253 e. The van der Waals surface area contributed by atoms with Crippen LogP contribution >= 0.6 is 0 Å². The molecule has 0 aromatic heterocycles. The molecule has 1 N–H and O–H groups in total. The molecule has 3 rings (SSSR count). The van der Waals surface area contributed by atoms with E-state index in [1.165, 1.54) is 24.8 Å². The molecule has 2 aliphatic rings. The molecule has 1 spiro atoms. The van der Waals surface area contributed by atoms with Crippen LogP contribution in [0.1, 0.15) is 29.6 Å². The molecule has 0 saturated carbocycles. The predicted molar refractivity (Wildman–Crippen MR) is 84.6 cm³/mol. The highest BCUT2D eigenvalue weighted by atomic mass is 32.2. The average molecular weight is 322 g/mol. The van der Waals surface area contributed by atoms with Gasteiger partial charge in [-0.15, -0.1) is 0 Å². The van der Waals surface area contributed by atoms with Gasteiger partial charge in [0.15, 0.2) is 9.84 Å². The number of nitrogens with zero attached hydrogens (tertiary/aromatic N) is 1. The fraction of sp³-hybridized carbons (Fsp3) is 0.562. The van der Waals surface area contributed by atoms with E-state index in [2.05, 4.69) is 5.32 Å². The first-order valence-electron chi connectivity index (χ1n) is 7.70. The van der Waals surface area contributed by atoms with Crippen molar-refractivity contribution < 1.29 is 13.2 Å². The lowest BCUT2D eigenvalue weighted by Crippen LogP contribution is -2.44. The second-order valence-corrected chi connectivity index (χ2v) is 8.53. The van der Waals surface area contributed by atoms with E-state index in [-0.39, 0.29) is 10.8 Å². The molecule has 0 atom stereocenters. The van der Waals surface area contributed by atoms with Gasteiger partial charge >= 0.3 is 0 Å². The van der Waals surface area contributed by atoms with Gasteiger partial charge in [0.05, 0.1) is 4.90 Å². The molecule has 5 nitrogen and oxygen atoms in total. The lowest BCUT2D eigenvalue weighted by Gasteiger charge is -2.38. The Hall–Kier alpha value is -1.40. The van der Waals surface area contributed by atoms with Crippen LogP contribution in [0.2, 0.25) is 0 Å². The third-order valence-corrected chi connectivity index (χ3v) is 6.10. The van der Waals surface area contributed by atoms with E-state index in [1.54, 1.807) is 12.1 Å². The summed E-state index contributed by atoms with van der Waals surface area (Å²) < 4.78 is 22.9. The number of benzene rings is 1. The molecular formula is C16H22N2O3S. The number of carbonyl (C=O) groups excluding carboxylic acids is 1. The van der Waals surface area contributed by atoms with Gasteiger partial charge in [0.25, 0.3) is 5.91 Å². The molecule has 2 fully saturated rings. The summed E-state index contributed by atoms with van der Waals surface area (Å²) in [5.74, 6) is 0.000794. The molecule has 1 aromatic rings. The number of rotatable bonds is 2. The Morgan fingerprint density at radius 2 is 1.77 bits per heavy atom. The van der Waals surface area contributed by atoms with Gasteiger partial charge in [-0.2, -0.15) is 0 Å². The van der Waals surface area contributed by atoms with Gasteiger partial charge in [0.2, 0.25) is 0 Å². The Kier molecular flexibility index (Phi) is 3.99. The number of sulfone groups is 1. The van der Waals surface area contributed by atoms with Crippen molar-refractivity contribution in [1.82, 2.24) is 10.2 Å². The lowest BCUT2D eigenvalue weighted by atomic mass is 9.78. The Labute approximate surface area is 131 Å². The summed E-state index contributed by atoms with van der Waals surface area (Å²) >= 11 is 0. The van der Waals surface area contributed by atoms with Crippen LogP contribution in [0.25, 0.3) is 0 Å². The van der Waals surface area contributed by atoms with E-state index in [4.69, 9.17) is 0 Å². The monoisotopic (exact) mass is 322 g/mol. The highest BCUT2D eigenvalue weighted by Crippen LogP contribution is 2.37. The summed E-state index contributed by atoms with van der Waals surface area (Å²) in [6.07, 6.45) is 4.47. The van der Waals surface area contributed by atoms with Crippen LogP contribution in [0.3, 0.4) is 0 Å². The van der Waals surface area contributed by atoms with Crippen LogP contribution in [-0.2, 0) is 9.84 Å². The van der Waals surface area contributed by atoms with Gasteiger partial charge in [-0.05, 0) is 55.5 Å². The van der Waals surface area contributed by atoms with Gasteiger partial charge in [0, 0.05) is 31.5 Å². The standard InChI is InChI=1S/C16H22N2O3S/c1-22(20,21)14-4-2-13(3-5-14)15(19)18-10-7-16(8-11-18)6-9-17-12-16/h2-5,17H,6-12H2,1H3. The third kappa shape index (κ3) is 3.03. The van der Waals surface area contributed by atoms with Crippen LogP contribution in [0.15, 0.2) is 29.2 Å². The number of nitrogens with one attached hydrogen (secondary N) is 1. The molecule has 0 bridgehead atoms. The molecule has 2 aliphatic heterocycles. The van der Waals surface area contributed by atoms with E-state index in [0.29, 0.717) is 11.0 Å². The highest BCUT2D eigenvalue weighted by Gasteiger charge is 2.38. The second-order valence-electron chi connectivity index (χ2n) is 6.52. The van der Waals surface area contributed by atoms with Crippen molar-refractivity contribution >= 4 is 15.7 Å². The topological polar surface area (TPSA) is 66.5 Å². The predicted octanol–water partition coefficient (Wildman–Crippen LogP) is 1.31. The minimum absolute atomic E-state index is 0.000794. The fourth-order valence-electron chi connectivity index (χ4n) is 3.43. The Bertz CT molecular complexity index is 651. The number of hydrogen-bond donors (Lipinski definition) is 1. The number of piperidine rings is 1. The quantitative estimate of drug-likeness (QED) is 0.891. The van der Waals surface area contributed by atoms with Gasteiger partial charge in [0.1, 0.15) is 0 Å². The summed E-state index contributed by atoms with van der Waals surface area (Å²) in [6.45, 7) is 3.72. The maximum atomic E-state index is 12.5. The molecule has 120 valence electrons. The van der Waals surface area contributed by atoms with Crippen molar-refractivity contribution in [3.8, 4) is 0 Å². The third-order valence-electron chi connectivity index (χ3n) is 4.97. The van der Waals surface area contributed by atoms with Crippen molar-refractivity contribution in [3.63, 3.8) is 0 Å². The maximum absolute atomic E-state index is 12.5. The van der Waals surface area contributed by atoms with Gasteiger partial charge in [-0.1, -0.05) is 0 Å². The number of likely N-dealkylation sites (tertiary alicyclic amines) is 1. The SMILES string of the molecule is CS(=O)(=O)c1ccc(C(=O)N2CCC3(CCNC3)CC2)cc1. The van der Waals surface area contributed by atoms with Crippen molar-refractivity contribution in [2.45, 2.75) is 24.2 Å². The summed E-state index contributed by atoms with van der Waals surface area (Å²) in [5.41, 5.74) is 0.949. The van der Waals surface area contributed by atoms with Crippen LogP contribution in [0.4, 0.5) is 0 Å². The van der Waals surface area contributed by atoms with Crippen molar-refractivity contribution in [3.05, 3.63) is 29.8 Å². The first-order valence-corrected chi connectivity index (χ1v) is 9.59. The number of hydrogen-bond acceptors (Lipinski definition) is 4. The average Bonchev–Trinajstić information content (AvgIpc) is 2.95. The Morgan fingerprint density at radius 3 is 2.27 bits per heavy atom. The summed E-state index contributed by atoms with van der Waals surface area (Å²) in [7, 11) is -3.22. The van der Waals surface area contributed by atoms with Crippen molar-refractivity contribution in [1.29, 1.82) is 0 Å². The minimum atomic E-state index is -3.22. The molecule has 0 aliphatic carbocycles. The van der Waals surface area contributed by atoms with Gasteiger partial charge < -0.3 is 10.2 Å². The van der Waals surface area contributed by atoms with E-state index in [1.807, 2.05) is 4.90 Å². The Morgan fingerprint density at radius 1 is 1.14 bits per heavy atom. The summed E-state index contributed by atoms with van der Waals surface area (Å²) in [4.78, 5) is 14.7. The number of carbonyl (C=O) groups is 1. The molecule has 0 unspecified atom stereocenters.